The topological polar surface area (TPSA) is 66.5 Å². The lowest BCUT2D eigenvalue weighted by atomic mass is 9.97. The van der Waals surface area contributed by atoms with Crippen LogP contribution in [0.1, 0.15) is 18.4 Å². The maximum atomic E-state index is 12.7. The summed E-state index contributed by atoms with van der Waals surface area (Å²) in [6.07, 6.45) is 0.941. The predicted octanol–water partition coefficient (Wildman–Crippen LogP) is 4.34. The summed E-state index contributed by atoms with van der Waals surface area (Å²) < 4.78 is 26.9. The monoisotopic (exact) mass is 426 g/mol. The van der Waals surface area contributed by atoms with Crippen molar-refractivity contribution < 1.29 is 13.2 Å². The maximum absolute atomic E-state index is 12.7. The molecule has 0 aromatic heterocycles. The van der Waals surface area contributed by atoms with Crippen LogP contribution in [0.3, 0.4) is 0 Å². The van der Waals surface area contributed by atoms with Gasteiger partial charge in [-0.05, 0) is 61.7 Å². The summed E-state index contributed by atoms with van der Waals surface area (Å²) in [5.74, 6) is -0.344. The van der Waals surface area contributed by atoms with E-state index < -0.39 is 10.0 Å². The maximum Gasteiger partial charge on any atom is 0.243 e. The zero-order valence-electron chi connectivity index (χ0n) is 14.8. The van der Waals surface area contributed by atoms with Gasteiger partial charge in [-0.25, -0.2) is 8.42 Å². The Morgan fingerprint density at radius 2 is 1.70 bits per heavy atom. The molecule has 5 nitrogen and oxygen atoms in total. The van der Waals surface area contributed by atoms with Crippen molar-refractivity contribution in [2.45, 2.75) is 24.7 Å². The fraction of sp³-hybridized carbons (Fsp3) is 0.316. The van der Waals surface area contributed by atoms with E-state index in [1.54, 1.807) is 30.3 Å². The summed E-state index contributed by atoms with van der Waals surface area (Å²) in [6, 6.07) is 11.5. The minimum atomic E-state index is -3.57. The number of nitrogens with one attached hydrogen (secondary N) is 1. The van der Waals surface area contributed by atoms with Gasteiger partial charge in [0.2, 0.25) is 15.9 Å². The molecule has 0 saturated carbocycles. The number of nitrogens with zero attached hydrogens (tertiary/aromatic N) is 1. The van der Waals surface area contributed by atoms with Crippen LogP contribution in [0.5, 0.6) is 0 Å². The fourth-order valence-electron chi connectivity index (χ4n) is 3.09. The first kappa shape index (κ1) is 20.1. The first-order chi connectivity index (χ1) is 12.8. The predicted molar refractivity (Wildman–Crippen MR) is 108 cm³/mol. The third-order valence-corrected chi connectivity index (χ3v) is 7.38. The Hall–Kier alpha value is -1.60. The Balaban J connectivity index is 1.63. The van der Waals surface area contributed by atoms with Gasteiger partial charge in [-0.3, -0.25) is 4.79 Å². The summed E-state index contributed by atoms with van der Waals surface area (Å²) >= 11 is 11.9. The number of amides is 1. The number of rotatable bonds is 4. The van der Waals surface area contributed by atoms with Gasteiger partial charge in [-0.15, -0.1) is 0 Å². The molecule has 2 aromatic carbocycles. The fourth-order valence-corrected chi connectivity index (χ4v) is 4.86. The number of hydrogen-bond donors (Lipinski definition) is 1. The average molecular weight is 427 g/mol. The molecule has 1 fully saturated rings. The average Bonchev–Trinajstić information content (AvgIpc) is 2.66. The quantitative estimate of drug-likeness (QED) is 0.790. The van der Waals surface area contributed by atoms with Crippen LogP contribution < -0.4 is 5.32 Å². The third-order valence-electron chi connectivity index (χ3n) is 4.80. The second-order valence-corrected chi connectivity index (χ2v) is 9.32. The largest absolute Gasteiger partial charge is 0.326 e. The van der Waals surface area contributed by atoms with Crippen LogP contribution in [0, 0.1) is 12.8 Å². The van der Waals surface area contributed by atoms with Crippen molar-refractivity contribution in [2.75, 3.05) is 18.4 Å². The molecular weight excluding hydrogens is 407 g/mol. The zero-order chi connectivity index (χ0) is 19.6. The molecule has 0 unspecified atom stereocenters. The molecular formula is C19H20Cl2N2O3S. The Morgan fingerprint density at radius 1 is 1.07 bits per heavy atom. The van der Waals surface area contributed by atoms with E-state index in [1.807, 2.05) is 6.92 Å². The molecule has 144 valence electrons. The molecule has 1 heterocycles. The highest BCUT2D eigenvalue weighted by Gasteiger charge is 2.32. The van der Waals surface area contributed by atoms with Crippen LogP contribution in [-0.2, 0) is 14.8 Å². The van der Waals surface area contributed by atoms with Crippen molar-refractivity contribution >= 4 is 44.8 Å². The summed E-state index contributed by atoms with van der Waals surface area (Å²) in [4.78, 5) is 12.8. The lowest BCUT2D eigenvalue weighted by Crippen LogP contribution is -2.41. The number of halogens is 2. The molecule has 1 amide bonds. The number of benzene rings is 2. The minimum absolute atomic E-state index is 0.107. The van der Waals surface area contributed by atoms with Gasteiger partial charge in [-0.2, -0.15) is 4.31 Å². The van der Waals surface area contributed by atoms with Crippen molar-refractivity contribution in [3.05, 3.63) is 58.1 Å². The summed E-state index contributed by atoms with van der Waals surface area (Å²) in [6.45, 7) is 2.45. The Kier molecular flexibility index (Phi) is 6.11. The van der Waals surface area contributed by atoms with Gasteiger partial charge >= 0.3 is 0 Å². The number of anilines is 1. The highest BCUT2D eigenvalue weighted by molar-refractivity contribution is 7.89. The standard InChI is InChI=1S/C19H20Cl2N2O3S/c1-13-17(21)3-2-4-18(13)22-19(24)14-9-11-23(12-10-14)27(25,26)16-7-5-15(20)6-8-16/h2-8,14H,9-12H2,1H3,(H,22,24). The third kappa shape index (κ3) is 4.46. The van der Waals surface area contributed by atoms with Crippen molar-refractivity contribution in [3.63, 3.8) is 0 Å². The minimum Gasteiger partial charge on any atom is -0.326 e. The number of carbonyl (C=O) groups excluding carboxylic acids is 1. The molecule has 1 aliphatic heterocycles. The van der Waals surface area contributed by atoms with Crippen molar-refractivity contribution in [1.29, 1.82) is 0 Å². The Bertz CT molecular complexity index is 938. The van der Waals surface area contributed by atoms with Gasteiger partial charge in [0.25, 0.3) is 0 Å². The highest BCUT2D eigenvalue weighted by Crippen LogP contribution is 2.27. The normalized spacial score (nSPS) is 16.3. The molecule has 1 aliphatic rings. The van der Waals surface area contributed by atoms with E-state index in [1.165, 1.54) is 16.4 Å². The molecule has 0 bridgehead atoms. The van der Waals surface area contributed by atoms with Crippen LogP contribution in [0.4, 0.5) is 5.69 Å². The SMILES string of the molecule is Cc1c(Cl)cccc1NC(=O)C1CCN(S(=O)(=O)c2ccc(Cl)cc2)CC1. The lowest BCUT2D eigenvalue weighted by molar-refractivity contribution is -0.120. The Morgan fingerprint density at radius 3 is 2.33 bits per heavy atom. The van der Waals surface area contributed by atoms with Gasteiger partial charge in [0.1, 0.15) is 0 Å². The molecule has 27 heavy (non-hydrogen) atoms. The Labute approximate surface area is 169 Å². The van der Waals surface area contributed by atoms with Crippen molar-refractivity contribution in [3.8, 4) is 0 Å². The van der Waals surface area contributed by atoms with Crippen molar-refractivity contribution in [1.82, 2.24) is 4.31 Å². The second-order valence-electron chi connectivity index (χ2n) is 6.53. The van der Waals surface area contributed by atoms with Crippen LogP contribution in [0.15, 0.2) is 47.4 Å². The van der Waals surface area contributed by atoms with Crippen LogP contribution in [0.2, 0.25) is 10.0 Å². The van der Waals surface area contributed by atoms with E-state index >= 15 is 0 Å². The summed E-state index contributed by atoms with van der Waals surface area (Å²) in [7, 11) is -3.57. The van der Waals surface area contributed by atoms with E-state index in [0.29, 0.717) is 41.7 Å². The molecule has 8 heteroatoms. The molecule has 0 aliphatic carbocycles. The molecule has 1 N–H and O–H groups in total. The van der Waals surface area contributed by atoms with E-state index in [2.05, 4.69) is 5.32 Å². The molecule has 2 aromatic rings. The van der Waals surface area contributed by atoms with Gasteiger partial charge < -0.3 is 5.32 Å². The summed E-state index contributed by atoms with van der Waals surface area (Å²) in [5.41, 5.74) is 1.50. The van der Waals surface area contributed by atoms with Gasteiger partial charge in [0, 0.05) is 34.7 Å². The smallest absolute Gasteiger partial charge is 0.243 e. The molecule has 0 atom stereocenters. The van der Waals surface area contributed by atoms with Crippen LogP contribution in [0.25, 0.3) is 0 Å². The number of sulfonamides is 1. The number of piperidine rings is 1. The van der Waals surface area contributed by atoms with Gasteiger partial charge in [0.05, 0.1) is 4.90 Å². The first-order valence-electron chi connectivity index (χ1n) is 8.61. The van der Waals surface area contributed by atoms with Gasteiger partial charge in [-0.1, -0.05) is 29.3 Å². The van der Waals surface area contributed by atoms with Crippen molar-refractivity contribution in [2.24, 2.45) is 5.92 Å². The lowest BCUT2D eigenvalue weighted by Gasteiger charge is -2.30. The molecule has 0 radical (unpaired) electrons. The number of carbonyl (C=O) groups is 1. The highest BCUT2D eigenvalue weighted by atomic mass is 35.5. The summed E-state index contributed by atoms with van der Waals surface area (Å²) in [5, 5.41) is 3.99. The van der Waals surface area contributed by atoms with Crippen LogP contribution in [-0.4, -0.2) is 31.7 Å². The number of hydrogen-bond acceptors (Lipinski definition) is 3. The van der Waals surface area contributed by atoms with E-state index in [4.69, 9.17) is 23.2 Å². The molecule has 3 rings (SSSR count). The molecule has 1 saturated heterocycles. The van der Waals surface area contributed by atoms with Gasteiger partial charge in [0.15, 0.2) is 0 Å². The van der Waals surface area contributed by atoms with E-state index in [-0.39, 0.29) is 16.7 Å². The first-order valence-corrected chi connectivity index (χ1v) is 10.8. The second kappa shape index (κ2) is 8.19. The van der Waals surface area contributed by atoms with E-state index in [9.17, 15) is 13.2 Å². The van der Waals surface area contributed by atoms with E-state index in [0.717, 1.165) is 5.56 Å². The molecule has 0 spiro atoms. The van der Waals surface area contributed by atoms with Crippen LogP contribution >= 0.6 is 23.2 Å². The zero-order valence-corrected chi connectivity index (χ0v) is 17.1.